The van der Waals surface area contributed by atoms with Crippen LogP contribution >= 0.6 is 0 Å². The van der Waals surface area contributed by atoms with Crippen LogP contribution in [0.4, 0.5) is 0 Å². The molecular formula is C14H27N3O2. The molecule has 0 amide bonds. The number of hydrogen-bond donors (Lipinski definition) is 2. The van der Waals surface area contributed by atoms with Crippen LogP contribution in [0.2, 0.25) is 0 Å². The highest BCUT2D eigenvalue weighted by molar-refractivity contribution is 5.79. The predicted octanol–water partition coefficient (Wildman–Crippen LogP) is 1.42. The predicted molar refractivity (Wildman–Crippen MR) is 76.2 cm³/mol. The average molecular weight is 269 g/mol. The van der Waals surface area contributed by atoms with Crippen molar-refractivity contribution in [1.29, 1.82) is 0 Å². The highest BCUT2D eigenvalue weighted by Gasteiger charge is 2.59. The Morgan fingerprint density at radius 1 is 1.53 bits per heavy atom. The summed E-state index contributed by atoms with van der Waals surface area (Å²) in [6.45, 7) is 9.77. The fraction of sp³-hybridized carbons (Fsp3) is 0.929. The van der Waals surface area contributed by atoms with Gasteiger partial charge in [-0.15, -0.1) is 0 Å². The molecule has 1 spiro atoms. The van der Waals surface area contributed by atoms with Gasteiger partial charge in [0.2, 0.25) is 0 Å². The van der Waals surface area contributed by atoms with Gasteiger partial charge in [0.1, 0.15) is 5.60 Å². The molecule has 3 unspecified atom stereocenters. The van der Waals surface area contributed by atoms with E-state index in [2.05, 4.69) is 31.1 Å². The van der Waals surface area contributed by atoms with Crippen LogP contribution in [0.5, 0.6) is 0 Å². The number of nitrogens with one attached hydrogen (secondary N) is 1. The van der Waals surface area contributed by atoms with Crippen LogP contribution in [-0.2, 0) is 9.47 Å². The third-order valence-electron chi connectivity index (χ3n) is 3.79. The number of ether oxygens (including phenoxy) is 2. The quantitative estimate of drug-likeness (QED) is 0.600. The van der Waals surface area contributed by atoms with Crippen LogP contribution in [0.3, 0.4) is 0 Å². The number of rotatable bonds is 3. The molecule has 110 valence electrons. The molecule has 5 heteroatoms. The number of guanidine groups is 1. The van der Waals surface area contributed by atoms with Gasteiger partial charge in [0, 0.05) is 25.2 Å². The summed E-state index contributed by atoms with van der Waals surface area (Å²) in [6, 6.07) is 0.126. The van der Waals surface area contributed by atoms with Gasteiger partial charge >= 0.3 is 0 Å². The topological polar surface area (TPSA) is 68.9 Å². The molecule has 0 aromatic carbocycles. The third-order valence-corrected chi connectivity index (χ3v) is 3.79. The molecule has 1 heterocycles. The number of aliphatic imine (C=N–C) groups is 1. The molecule has 0 aromatic heterocycles. The summed E-state index contributed by atoms with van der Waals surface area (Å²) < 4.78 is 11.7. The van der Waals surface area contributed by atoms with Crippen molar-refractivity contribution < 1.29 is 9.47 Å². The van der Waals surface area contributed by atoms with Crippen LogP contribution in [0, 0.1) is 0 Å². The molecule has 2 aliphatic rings. The van der Waals surface area contributed by atoms with Gasteiger partial charge in [0.25, 0.3) is 0 Å². The molecule has 0 aromatic rings. The van der Waals surface area contributed by atoms with E-state index in [9.17, 15) is 0 Å². The van der Waals surface area contributed by atoms with Crippen LogP contribution in [-0.4, -0.2) is 42.5 Å². The van der Waals surface area contributed by atoms with Crippen LogP contribution in [0.15, 0.2) is 4.99 Å². The summed E-state index contributed by atoms with van der Waals surface area (Å²) in [5, 5.41) is 3.20. The van der Waals surface area contributed by atoms with Crippen molar-refractivity contribution in [2.24, 2.45) is 10.7 Å². The van der Waals surface area contributed by atoms with Gasteiger partial charge in [0.15, 0.2) is 5.96 Å². The van der Waals surface area contributed by atoms with Crippen molar-refractivity contribution in [3.8, 4) is 0 Å². The Kier molecular flexibility index (Phi) is 4.06. The SMILES string of the molecule is CCOC1CC(N=C(N)NC(C)(C)C)C12CCCO2. The summed E-state index contributed by atoms with van der Waals surface area (Å²) in [5.74, 6) is 0.502. The normalized spacial score (nSPS) is 35.5. The van der Waals surface area contributed by atoms with Crippen molar-refractivity contribution in [2.75, 3.05) is 13.2 Å². The van der Waals surface area contributed by atoms with E-state index in [0.29, 0.717) is 5.96 Å². The van der Waals surface area contributed by atoms with Crippen LogP contribution in [0.1, 0.15) is 47.0 Å². The average Bonchev–Trinajstić information content (AvgIpc) is 2.77. The smallest absolute Gasteiger partial charge is 0.189 e. The Bertz CT molecular complexity index is 343. The lowest BCUT2D eigenvalue weighted by Crippen LogP contribution is -2.64. The standard InChI is InChI=1S/C14H27N3O2/c1-5-18-11-9-10(14(11)7-6-8-19-14)16-12(15)17-13(2,3)4/h10-11H,5-9H2,1-4H3,(H3,15,16,17). The summed E-state index contributed by atoms with van der Waals surface area (Å²) in [5.41, 5.74) is 5.69. The first-order chi connectivity index (χ1) is 8.87. The summed E-state index contributed by atoms with van der Waals surface area (Å²) in [7, 11) is 0. The lowest BCUT2D eigenvalue weighted by Gasteiger charge is -2.50. The fourth-order valence-electron chi connectivity index (χ4n) is 3.01. The largest absolute Gasteiger partial charge is 0.375 e. The molecule has 19 heavy (non-hydrogen) atoms. The molecule has 2 fully saturated rings. The maximum absolute atomic E-state index is 5.98. The number of hydrogen-bond acceptors (Lipinski definition) is 3. The van der Waals surface area contributed by atoms with E-state index >= 15 is 0 Å². The lowest BCUT2D eigenvalue weighted by molar-refractivity contribution is -0.188. The Balaban J connectivity index is 2.03. The summed E-state index contributed by atoms with van der Waals surface area (Å²) >= 11 is 0. The zero-order chi connectivity index (χ0) is 14.1. The molecule has 0 bridgehead atoms. The second kappa shape index (κ2) is 5.29. The summed E-state index contributed by atoms with van der Waals surface area (Å²) in [6.07, 6.45) is 3.19. The fourth-order valence-corrected chi connectivity index (χ4v) is 3.01. The van der Waals surface area contributed by atoms with Gasteiger partial charge in [-0.3, -0.25) is 0 Å². The zero-order valence-corrected chi connectivity index (χ0v) is 12.5. The maximum atomic E-state index is 5.98. The molecule has 3 atom stereocenters. The first-order valence-electron chi connectivity index (χ1n) is 7.24. The van der Waals surface area contributed by atoms with E-state index in [-0.39, 0.29) is 23.3 Å². The highest BCUT2D eigenvalue weighted by Crippen LogP contribution is 2.47. The third kappa shape index (κ3) is 3.03. The Hall–Kier alpha value is -0.810. The van der Waals surface area contributed by atoms with E-state index in [1.165, 1.54) is 0 Å². The van der Waals surface area contributed by atoms with E-state index < -0.39 is 0 Å². The monoisotopic (exact) mass is 269 g/mol. The molecule has 1 saturated carbocycles. The first-order valence-corrected chi connectivity index (χ1v) is 7.24. The van der Waals surface area contributed by atoms with E-state index in [1.54, 1.807) is 0 Å². The van der Waals surface area contributed by atoms with Gasteiger partial charge in [-0.2, -0.15) is 0 Å². The molecule has 1 aliphatic heterocycles. The minimum absolute atomic E-state index is 0.0691. The van der Waals surface area contributed by atoms with Crippen molar-refractivity contribution in [2.45, 2.75) is 70.2 Å². The minimum Gasteiger partial charge on any atom is -0.375 e. The zero-order valence-electron chi connectivity index (χ0n) is 12.5. The molecule has 2 rings (SSSR count). The highest BCUT2D eigenvalue weighted by atomic mass is 16.6. The van der Waals surface area contributed by atoms with Crippen molar-refractivity contribution >= 4 is 5.96 Å². The van der Waals surface area contributed by atoms with Crippen LogP contribution < -0.4 is 11.1 Å². The second-order valence-corrected chi connectivity index (χ2v) is 6.49. The Morgan fingerprint density at radius 2 is 2.26 bits per heavy atom. The lowest BCUT2D eigenvalue weighted by atomic mass is 9.70. The molecule has 3 N–H and O–H groups in total. The van der Waals surface area contributed by atoms with Crippen LogP contribution in [0.25, 0.3) is 0 Å². The number of nitrogens with zero attached hydrogens (tertiary/aromatic N) is 1. The van der Waals surface area contributed by atoms with Gasteiger partial charge in [0.05, 0.1) is 12.1 Å². The Labute approximate surface area is 115 Å². The molecule has 0 radical (unpaired) electrons. The minimum atomic E-state index is -0.222. The van der Waals surface area contributed by atoms with Crippen molar-refractivity contribution in [1.82, 2.24) is 5.32 Å². The second-order valence-electron chi connectivity index (χ2n) is 6.49. The Morgan fingerprint density at radius 3 is 2.79 bits per heavy atom. The number of nitrogens with two attached hydrogens (primary N) is 1. The van der Waals surface area contributed by atoms with Gasteiger partial charge < -0.3 is 20.5 Å². The van der Waals surface area contributed by atoms with E-state index in [0.717, 1.165) is 32.5 Å². The van der Waals surface area contributed by atoms with Gasteiger partial charge in [-0.1, -0.05) is 0 Å². The molecule has 1 saturated heterocycles. The molecule has 5 nitrogen and oxygen atoms in total. The molecular weight excluding hydrogens is 242 g/mol. The van der Waals surface area contributed by atoms with E-state index in [1.807, 2.05) is 6.92 Å². The van der Waals surface area contributed by atoms with Gasteiger partial charge in [-0.05, 0) is 40.5 Å². The maximum Gasteiger partial charge on any atom is 0.189 e. The van der Waals surface area contributed by atoms with Gasteiger partial charge in [-0.25, -0.2) is 4.99 Å². The first kappa shape index (κ1) is 14.6. The van der Waals surface area contributed by atoms with Crippen molar-refractivity contribution in [3.63, 3.8) is 0 Å². The molecule has 1 aliphatic carbocycles. The summed E-state index contributed by atoms with van der Waals surface area (Å²) in [4.78, 5) is 4.61. The van der Waals surface area contributed by atoms with E-state index in [4.69, 9.17) is 15.2 Å². The van der Waals surface area contributed by atoms with Crippen molar-refractivity contribution in [3.05, 3.63) is 0 Å².